The predicted octanol–water partition coefficient (Wildman–Crippen LogP) is 4.71. The molecule has 0 saturated heterocycles. The molecule has 0 unspecified atom stereocenters. The maximum Gasteiger partial charge on any atom is 0.0421 e. The summed E-state index contributed by atoms with van der Waals surface area (Å²) in [7, 11) is 0. The van der Waals surface area contributed by atoms with Crippen molar-refractivity contribution in [1.82, 2.24) is 0 Å². The van der Waals surface area contributed by atoms with Crippen LogP contribution in [0.4, 0.5) is 0 Å². The molecule has 0 spiro atoms. The molecule has 1 aromatic carbocycles. The first-order valence-electron chi connectivity index (χ1n) is 5.71. The van der Waals surface area contributed by atoms with Crippen molar-refractivity contribution in [1.29, 1.82) is 0 Å². The van der Waals surface area contributed by atoms with Crippen LogP contribution in [0.2, 0.25) is 0 Å². The average molecular weight is 234 g/mol. The predicted molar refractivity (Wildman–Crippen MR) is 75.6 cm³/mol. The van der Waals surface area contributed by atoms with Crippen LogP contribution in [-0.2, 0) is 0 Å². The fourth-order valence-electron chi connectivity index (χ4n) is 2.52. The summed E-state index contributed by atoms with van der Waals surface area (Å²) < 4.78 is 0. The summed E-state index contributed by atoms with van der Waals surface area (Å²) in [6.07, 6.45) is 8.89. The van der Waals surface area contributed by atoms with E-state index in [9.17, 15) is 0 Å². The van der Waals surface area contributed by atoms with E-state index in [0.717, 1.165) is 0 Å². The van der Waals surface area contributed by atoms with E-state index < -0.39 is 0 Å². The van der Waals surface area contributed by atoms with Crippen molar-refractivity contribution in [2.75, 3.05) is 0 Å². The van der Waals surface area contributed by atoms with E-state index in [-0.39, 0.29) is 0 Å². The minimum absolute atomic E-state index is 1.33. The smallest absolute Gasteiger partial charge is 0.0421 e. The summed E-state index contributed by atoms with van der Waals surface area (Å²) in [6.45, 7) is 0. The van der Waals surface area contributed by atoms with Gasteiger partial charge in [0.15, 0.2) is 0 Å². The molecule has 1 heterocycles. The van der Waals surface area contributed by atoms with Crippen LogP contribution < -0.4 is 0 Å². The van der Waals surface area contributed by atoms with Gasteiger partial charge in [-0.25, -0.2) is 0 Å². The molecule has 0 atom stereocenters. The van der Waals surface area contributed by atoms with Crippen molar-refractivity contribution < 1.29 is 0 Å². The molecule has 4 rings (SSSR count). The van der Waals surface area contributed by atoms with Gasteiger partial charge in [0.1, 0.15) is 0 Å². The molecule has 0 amide bonds. The Kier molecular flexibility index (Phi) is 1.79. The zero-order chi connectivity index (χ0) is 11.2. The van der Waals surface area contributed by atoms with Crippen molar-refractivity contribution in [2.24, 2.45) is 0 Å². The number of benzene rings is 1. The molecule has 1 aromatic heterocycles. The summed E-state index contributed by atoms with van der Waals surface area (Å²) in [5, 5.41) is 2.17. The molecule has 0 bridgehead atoms. The molecule has 1 heteroatoms. The third-order valence-corrected chi connectivity index (χ3v) is 4.30. The van der Waals surface area contributed by atoms with E-state index in [0.29, 0.717) is 0 Å². The zero-order valence-corrected chi connectivity index (χ0v) is 10.00. The second-order valence-corrected chi connectivity index (χ2v) is 5.20. The Morgan fingerprint density at radius 3 is 2.53 bits per heavy atom. The molecule has 17 heavy (non-hydrogen) atoms. The Morgan fingerprint density at radius 1 is 0.706 bits per heavy atom. The number of thiophene rings is 1. The minimum Gasteiger partial charge on any atom is -0.143 e. The molecule has 2 aromatic rings. The largest absolute Gasteiger partial charge is 0.143 e. The van der Waals surface area contributed by atoms with Gasteiger partial charge in [0.05, 0.1) is 0 Å². The van der Waals surface area contributed by atoms with Crippen LogP contribution in [-0.4, -0.2) is 0 Å². The molecule has 2 aliphatic rings. The minimum atomic E-state index is 1.33. The van der Waals surface area contributed by atoms with Gasteiger partial charge in [-0.05, 0) is 33.7 Å². The number of allylic oxidation sites excluding steroid dienone is 4. The van der Waals surface area contributed by atoms with E-state index >= 15 is 0 Å². The van der Waals surface area contributed by atoms with Crippen LogP contribution >= 0.6 is 11.3 Å². The zero-order valence-electron chi connectivity index (χ0n) is 9.18. The van der Waals surface area contributed by atoms with E-state index in [1.165, 1.54) is 32.7 Å². The molecule has 0 nitrogen and oxygen atoms in total. The van der Waals surface area contributed by atoms with Gasteiger partial charge in [-0.15, -0.1) is 11.3 Å². The highest BCUT2D eigenvalue weighted by Gasteiger charge is 2.19. The van der Waals surface area contributed by atoms with Gasteiger partial charge in [-0.1, -0.05) is 48.6 Å². The molecular weight excluding hydrogens is 224 g/mol. The summed E-state index contributed by atoms with van der Waals surface area (Å²) in [4.78, 5) is 1.40. The Bertz CT molecular complexity index is 696. The topological polar surface area (TPSA) is 0 Å². The van der Waals surface area contributed by atoms with Crippen molar-refractivity contribution >= 4 is 34.6 Å². The van der Waals surface area contributed by atoms with Crippen LogP contribution in [0.1, 0.15) is 21.6 Å². The van der Waals surface area contributed by atoms with E-state index in [2.05, 4.69) is 60.0 Å². The lowest BCUT2D eigenvalue weighted by Gasteiger charge is -2.04. The third-order valence-electron chi connectivity index (χ3n) is 3.34. The second kappa shape index (κ2) is 3.31. The Balaban J connectivity index is 2.00. The summed E-state index contributed by atoms with van der Waals surface area (Å²) >= 11 is 1.83. The highest BCUT2D eigenvalue weighted by Crippen LogP contribution is 2.42. The number of hydrogen-bond acceptors (Lipinski definition) is 1. The van der Waals surface area contributed by atoms with Gasteiger partial charge in [-0.2, -0.15) is 0 Å². The van der Waals surface area contributed by atoms with E-state index in [1.54, 1.807) is 0 Å². The van der Waals surface area contributed by atoms with Crippen LogP contribution in [0.5, 0.6) is 0 Å². The second-order valence-electron chi connectivity index (χ2n) is 4.29. The van der Waals surface area contributed by atoms with Gasteiger partial charge in [0, 0.05) is 10.5 Å². The maximum atomic E-state index is 2.24. The maximum absolute atomic E-state index is 2.24. The third kappa shape index (κ3) is 1.23. The highest BCUT2D eigenvalue weighted by atomic mass is 32.1. The molecular formula is C16H10S. The van der Waals surface area contributed by atoms with Crippen LogP contribution in [0.15, 0.2) is 47.9 Å². The molecule has 0 N–H and O–H groups in total. The summed E-state index contributed by atoms with van der Waals surface area (Å²) in [5.74, 6) is 0. The number of fused-ring (bicyclic) bond motifs is 2. The van der Waals surface area contributed by atoms with Crippen LogP contribution in [0.25, 0.3) is 23.3 Å². The van der Waals surface area contributed by atoms with Crippen molar-refractivity contribution in [3.8, 4) is 0 Å². The first kappa shape index (κ1) is 9.20. The van der Waals surface area contributed by atoms with Crippen molar-refractivity contribution in [2.45, 2.75) is 0 Å². The Morgan fingerprint density at radius 2 is 1.53 bits per heavy atom. The van der Waals surface area contributed by atoms with Gasteiger partial charge >= 0.3 is 0 Å². The molecule has 80 valence electrons. The van der Waals surface area contributed by atoms with Gasteiger partial charge in [-0.3, -0.25) is 0 Å². The summed E-state index contributed by atoms with van der Waals surface area (Å²) in [6, 6.07) is 10.8. The van der Waals surface area contributed by atoms with Crippen LogP contribution in [0.3, 0.4) is 0 Å². The quantitative estimate of drug-likeness (QED) is 0.619. The van der Waals surface area contributed by atoms with Gasteiger partial charge in [0.25, 0.3) is 0 Å². The van der Waals surface area contributed by atoms with Crippen LogP contribution in [0, 0.1) is 0 Å². The van der Waals surface area contributed by atoms with E-state index in [1.807, 2.05) is 11.3 Å². The number of hydrogen-bond donors (Lipinski definition) is 0. The molecule has 0 fully saturated rings. The standard InChI is InChI=1S/C16H10S/c1-2-4-13-11(3-1)5-7-14(13)15-8-6-12-9-10-17-16(12)15/h1-10H/b15-14+. The first-order chi connectivity index (χ1) is 8.43. The molecule has 2 aliphatic carbocycles. The van der Waals surface area contributed by atoms with Gasteiger partial charge in [0.2, 0.25) is 0 Å². The van der Waals surface area contributed by atoms with Crippen molar-refractivity contribution in [3.63, 3.8) is 0 Å². The average Bonchev–Trinajstić information content (AvgIpc) is 3.02. The summed E-state index contributed by atoms with van der Waals surface area (Å²) in [5.41, 5.74) is 6.77. The fourth-order valence-corrected chi connectivity index (χ4v) is 3.44. The van der Waals surface area contributed by atoms with E-state index in [4.69, 9.17) is 0 Å². The first-order valence-corrected chi connectivity index (χ1v) is 6.59. The Hall–Kier alpha value is -1.86. The normalized spacial score (nSPS) is 19.8. The van der Waals surface area contributed by atoms with Gasteiger partial charge < -0.3 is 0 Å². The Labute approximate surface area is 104 Å². The molecule has 0 saturated carbocycles. The lowest BCUT2D eigenvalue weighted by atomic mass is 10.0. The molecule has 0 aliphatic heterocycles. The highest BCUT2D eigenvalue weighted by molar-refractivity contribution is 7.11. The van der Waals surface area contributed by atoms with Crippen molar-refractivity contribution in [3.05, 3.63) is 69.4 Å². The number of rotatable bonds is 0. The lowest BCUT2D eigenvalue weighted by Crippen LogP contribution is -1.83. The molecule has 0 radical (unpaired) electrons. The monoisotopic (exact) mass is 234 g/mol. The SMILES string of the molecule is C1=Cc2ccccc2/C1=C1\C=Cc2ccsc21. The lowest BCUT2D eigenvalue weighted by molar-refractivity contribution is 1.62. The fraction of sp³-hybridized carbons (Fsp3) is 0.